The van der Waals surface area contributed by atoms with Crippen molar-refractivity contribution in [3.63, 3.8) is 0 Å². The lowest BCUT2D eigenvalue weighted by Gasteiger charge is -2.15. The van der Waals surface area contributed by atoms with E-state index in [-0.39, 0.29) is 36.4 Å². The molecule has 1 unspecified atom stereocenters. The molecule has 6 nitrogen and oxygen atoms in total. The first-order chi connectivity index (χ1) is 13.4. The van der Waals surface area contributed by atoms with Gasteiger partial charge in [0.05, 0.1) is 0 Å². The number of carbonyl (C=O) groups excluding carboxylic acids is 2. The molecule has 0 saturated heterocycles. The monoisotopic (exact) mass is 416 g/mol. The fourth-order valence-corrected chi connectivity index (χ4v) is 2.87. The van der Waals surface area contributed by atoms with Gasteiger partial charge in [0.15, 0.2) is 0 Å². The molecule has 5 N–H and O–H groups in total. The fraction of sp³-hybridized carbons (Fsp3) is 0.364. The Balaban J connectivity index is 0.00000300. The van der Waals surface area contributed by atoms with Gasteiger partial charge in [-0.05, 0) is 48.1 Å². The molecular formula is C22H29ClN4O2. The zero-order chi connectivity index (χ0) is 20.1. The van der Waals surface area contributed by atoms with Crippen LogP contribution in [0.2, 0.25) is 0 Å². The Morgan fingerprint density at radius 1 is 1.07 bits per heavy atom. The van der Waals surface area contributed by atoms with Gasteiger partial charge in [0.25, 0.3) is 5.91 Å². The molecule has 3 amide bonds. The summed E-state index contributed by atoms with van der Waals surface area (Å²) in [5, 5.41) is 8.48. The molecule has 156 valence electrons. The highest BCUT2D eigenvalue weighted by Gasteiger charge is 2.23. The lowest BCUT2D eigenvalue weighted by Crippen LogP contribution is -2.32. The van der Waals surface area contributed by atoms with Crippen LogP contribution in [0.5, 0.6) is 0 Å². The summed E-state index contributed by atoms with van der Waals surface area (Å²) in [5.74, 6) is 0.248. The number of halogens is 1. The van der Waals surface area contributed by atoms with E-state index in [0.29, 0.717) is 23.7 Å². The van der Waals surface area contributed by atoms with E-state index in [1.165, 1.54) is 5.56 Å². The third-order valence-electron chi connectivity index (χ3n) is 4.81. The summed E-state index contributed by atoms with van der Waals surface area (Å²) in [7, 11) is 0. The summed E-state index contributed by atoms with van der Waals surface area (Å²) in [6.07, 6.45) is 2.05. The van der Waals surface area contributed by atoms with Crippen molar-refractivity contribution in [3.05, 3.63) is 65.2 Å². The van der Waals surface area contributed by atoms with Crippen molar-refractivity contribution < 1.29 is 9.59 Å². The third kappa shape index (κ3) is 6.76. The Hall–Kier alpha value is -2.57. The van der Waals surface area contributed by atoms with E-state index in [1.54, 1.807) is 24.3 Å². The largest absolute Gasteiger partial charge is 0.350 e. The van der Waals surface area contributed by atoms with Gasteiger partial charge in [0.2, 0.25) is 0 Å². The summed E-state index contributed by atoms with van der Waals surface area (Å²) >= 11 is 0. The minimum absolute atomic E-state index is 0. The highest BCUT2D eigenvalue weighted by molar-refractivity contribution is 5.97. The van der Waals surface area contributed by atoms with Gasteiger partial charge >= 0.3 is 6.03 Å². The van der Waals surface area contributed by atoms with Crippen LogP contribution >= 0.6 is 12.4 Å². The molecular weight excluding hydrogens is 388 g/mol. The van der Waals surface area contributed by atoms with Crippen molar-refractivity contribution in [2.24, 2.45) is 5.73 Å². The van der Waals surface area contributed by atoms with Crippen LogP contribution in [0.15, 0.2) is 48.5 Å². The number of hydrogen-bond acceptors (Lipinski definition) is 3. The lowest BCUT2D eigenvalue weighted by atomic mass is 9.99. The summed E-state index contributed by atoms with van der Waals surface area (Å²) < 4.78 is 0. The smallest absolute Gasteiger partial charge is 0.319 e. The Labute approximate surface area is 178 Å². The van der Waals surface area contributed by atoms with E-state index in [0.717, 1.165) is 18.4 Å². The third-order valence-corrected chi connectivity index (χ3v) is 4.81. The Morgan fingerprint density at radius 3 is 2.34 bits per heavy atom. The van der Waals surface area contributed by atoms with E-state index < -0.39 is 0 Å². The molecule has 3 rings (SSSR count). The Kier molecular flexibility index (Phi) is 8.05. The standard InChI is InChI=1S/C22H28N4O2.ClH/c1-14(2)15-6-8-16(9-7-15)20(23)13-24-21(27)17-4-3-5-19(12-17)26-22(28)25-18-10-11-18;/h3-9,12,14,18,20H,10-11,13,23H2,1-2H3,(H,24,27)(H2,25,26,28);1H. The fourth-order valence-electron chi connectivity index (χ4n) is 2.87. The summed E-state index contributed by atoms with van der Waals surface area (Å²) in [6, 6.07) is 14.8. The van der Waals surface area contributed by atoms with Gasteiger partial charge in [-0.1, -0.05) is 44.2 Å². The SMILES string of the molecule is CC(C)c1ccc(C(N)CNC(=O)c2cccc(NC(=O)NC3CC3)c2)cc1.Cl. The molecule has 1 aliphatic rings. The second-order valence-corrected chi connectivity index (χ2v) is 7.59. The topological polar surface area (TPSA) is 96.2 Å². The number of nitrogens with two attached hydrogens (primary N) is 1. The average Bonchev–Trinajstić information content (AvgIpc) is 3.49. The second kappa shape index (κ2) is 10.3. The zero-order valence-electron chi connectivity index (χ0n) is 16.8. The number of benzene rings is 2. The molecule has 0 aliphatic heterocycles. The van der Waals surface area contributed by atoms with Crippen LogP contribution in [-0.2, 0) is 0 Å². The van der Waals surface area contributed by atoms with Crippen LogP contribution in [0, 0.1) is 0 Å². The molecule has 0 aromatic heterocycles. The van der Waals surface area contributed by atoms with Crippen LogP contribution in [-0.4, -0.2) is 24.5 Å². The van der Waals surface area contributed by atoms with Crippen molar-refractivity contribution in [2.45, 2.75) is 44.7 Å². The van der Waals surface area contributed by atoms with Gasteiger partial charge in [0, 0.05) is 29.9 Å². The summed E-state index contributed by atoms with van der Waals surface area (Å²) in [5.41, 5.74) is 9.52. The quantitative estimate of drug-likeness (QED) is 0.550. The van der Waals surface area contributed by atoms with Crippen LogP contribution in [0.25, 0.3) is 0 Å². The maximum Gasteiger partial charge on any atom is 0.319 e. The normalized spacial score (nSPS) is 13.9. The first-order valence-electron chi connectivity index (χ1n) is 9.73. The second-order valence-electron chi connectivity index (χ2n) is 7.59. The van der Waals surface area contributed by atoms with Gasteiger partial charge in [-0.2, -0.15) is 0 Å². The van der Waals surface area contributed by atoms with E-state index in [1.807, 2.05) is 12.1 Å². The van der Waals surface area contributed by atoms with Crippen molar-refractivity contribution in [1.82, 2.24) is 10.6 Å². The van der Waals surface area contributed by atoms with Crippen LogP contribution in [0.3, 0.4) is 0 Å². The maximum atomic E-state index is 12.5. The molecule has 1 saturated carbocycles. The number of hydrogen-bond donors (Lipinski definition) is 4. The Bertz CT molecular complexity index is 835. The zero-order valence-corrected chi connectivity index (χ0v) is 17.6. The number of carbonyl (C=O) groups is 2. The molecule has 1 aliphatic carbocycles. The molecule has 0 bridgehead atoms. The highest BCUT2D eigenvalue weighted by atomic mass is 35.5. The molecule has 1 atom stereocenters. The van der Waals surface area contributed by atoms with Crippen LogP contribution in [0.4, 0.5) is 10.5 Å². The number of amides is 3. The van der Waals surface area contributed by atoms with E-state index in [9.17, 15) is 9.59 Å². The minimum Gasteiger partial charge on any atom is -0.350 e. The van der Waals surface area contributed by atoms with E-state index >= 15 is 0 Å². The number of nitrogens with one attached hydrogen (secondary N) is 3. The minimum atomic E-state index is -0.282. The van der Waals surface area contributed by atoms with E-state index in [2.05, 4.69) is 41.9 Å². The van der Waals surface area contributed by atoms with Crippen LogP contribution < -0.4 is 21.7 Å². The lowest BCUT2D eigenvalue weighted by molar-refractivity contribution is 0.0951. The maximum absolute atomic E-state index is 12.5. The molecule has 1 fully saturated rings. The van der Waals surface area contributed by atoms with Crippen LogP contribution in [0.1, 0.15) is 60.1 Å². The molecule has 0 spiro atoms. The number of urea groups is 1. The number of rotatable bonds is 7. The number of anilines is 1. The van der Waals surface area contributed by atoms with Crippen molar-refractivity contribution in [2.75, 3.05) is 11.9 Å². The molecule has 7 heteroatoms. The van der Waals surface area contributed by atoms with Gasteiger partial charge in [-0.25, -0.2) is 4.79 Å². The van der Waals surface area contributed by atoms with Gasteiger partial charge in [-0.15, -0.1) is 12.4 Å². The van der Waals surface area contributed by atoms with Gasteiger partial charge in [0.1, 0.15) is 0 Å². The molecule has 2 aromatic rings. The summed E-state index contributed by atoms with van der Waals surface area (Å²) in [4.78, 5) is 24.3. The first-order valence-corrected chi connectivity index (χ1v) is 9.73. The predicted molar refractivity (Wildman–Crippen MR) is 119 cm³/mol. The average molecular weight is 417 g/mol. The Morgan fingerprint density at radius 2 is 1.72 bits per heavy atom. The van der Waals surface area contributed by atoms with Gasteiger partial charge < -0.3 is 21.7 Å². The highest BCUT2D eigenvalue weighted by Crippen LogP contribution is 2.19. The molecule has 29 heavy (non-hydrogen) atoms. The van der Waals surface area contributed by atoms with Crippen molar-refractivity contribution in [1.29, 1.82) is 0 Å². The van der Waals surface area contributed by atoms with Crippen molar-refractivity contribution in [3.8, 4) is 0 Å². The predicted octanol–water partition coefficient (Wildman–Crippen LogP) is 3.95. The molecule has 0 radical (unpaired) electrons. The van der Waals surface area contributed by atoms with Crippen molar-refractivity contribution >= 4 is 30.0 Å². The van der Waals surface area contributed by atoms with E-state index in [4.69, 9.17) is 5.73 Å². The molecule has 0 heterocycles. The molecule has 2 aromatic carbocycles. The first kappa shape index (κ1) is 22.7. The summed E-state index contributed by atoms with van der Waals surface area (Å²) in [6.45, 7) is 4.63. The van der Waals surface area contributed by atoms with Gasteiger partial charge in [-0.3, -0.25) is 4.79 Å².